The van der Waals surface area contributed by atoms with Gasteiger partial charge in [-0.3, -0.25) is 9.59 Å². The summed E-state index contributed by atoms with van der Waals surface area (Å²) in [5.41, 5.74) is 2.22. The minimum atomic E-state index is 0.0374. The zero-order chi connectivity index (χ0) is 13.4. The molecule has 0 N–H and O–H groups in total. The fourth-order valence-corrected chi connectivity index (χ4v) is 3.17. The number of oxazole rings is 1. The Morgan fingerprint density at radius 3 is 3.16 bits per heavy atom. The maximum Gasteiger partial charge on any atom is 0.228 e. The van der Waals surface area contributed by atoms with Gasteiger partial charge in [-0.05, 0) is 12.1 Å². The molecule has 1 aromatic heterocycles. The molecule has 0 saturated carbocycles. The van der Waals surface area contributed by atoms with Crippen molar-refractivity contribution in [3.63, 3.8) is 0 Å². The summed E-state index contributed by atoms with van der Waals surface area (Å²) >= 11 is 1.23. The van der Waals surface area contributed by atoms with Crippen LogP contribution in [0.25, 0.3) is 11.1 Å². The van der Waals surface area contributed by atoms with Gasteiger partial charge < -0.3 is 9.32 Å². The average Bonchev–Trinajstić information content (AvgIpc) is 2.93. The van der Waals surface area contributed by atoms with Crippen molar-refractivity contribution in [2.45, 2.75) is 18.6 Å². The van der Waals surface area contributed by atoms with Crippen LogP contribution in [0.4, 0.5) is 5.69 Å². The molecule has 0 aliphatic carbocycles. The lowest BCUT2D eigenvalue weighted by molar-refractivity contribution is -0.117. The van der Waals surface area contributed by atoms with Crippen molar-refractivity contribution < 1.29 is 14.0 Å². The number of rotatable bonds is 2. The average molecular weight is 276 g/mol. The lowest BCUT2D eigenvalue weighted by Crippen LogP contribution is -2.24. The molecule has 0 bridgehead atoms. The largest absolute Gasteiger partial charge is 0.443 e. The zero-order valence-electron chi connectivity index (χ0n) is 10.3. The summed E-state index contributed by atoms with van der Waals surface area (Å²) < 4.78 is 5.24. The summed E-state index contributed by atoms with van der Waals surface area (Å²) in [5, 5.41) is 0.0840. The summed E-state index contributed by atoms with van der Waals surface area (Å²) in [6.45, 7) is 2.08. The summed E-state index contributed by atoms with van der Waals surface area (Å²) in [7, 11) is 0. The van der Waals surface area contributed by atoms with Crippen LogP contribution in [-0.4, -0.2) is 27.8 Å². The van der Waals surface area contributed by atoms with E-state index in [1.165, 1.54) is 25.1 Å². The molecule has 19 heavy (non-hydrogen) atoms. The first-order valence-electron chi connectivity index (χ1n) is 5.94. The van der Waals surface area contributed by atoms with Gasteiger partial charge in [-0.15, -0.1) is 0 Å². The highest BCUT2D eigenvalue weighted by atomic mass is 32.2. The van der Waals surface area contributed by atoms with Gasteiger partial charge in [-0.2, -0.15) is 0 Å². The molecule has 1 saturated heterocycles. The SMILES string of the molecule is CC(=O)SC1CC(=O)N(c2ccc3ncoc3c2)C1. The first-order valence-corrected chi connectivity index (χ1v) is 6.82. The highest BCUT2D eigenvalue weighted by Gasteiger charge is 2.32. The maximum absolute atomic E-state index is 12.0. The topological polar surface area (TPSA) is 63.4 Å². The van der Waals surface area contributed by atoms with Crippen molar-refractivity contribution >= 4 is 39.6 Å². The minimum absolute atomic E-state index is 0.0374. The Bertz CT molecular complexity index is 652. The number of benzene rings is 1. The second kappa shape index (κ2) is 4.70. The molecule has 1 aliphatic heterocycles. The summed E-state index contributed by atoms with van der Waals surface area (Å²) in [5.74, 6) is 0.0395. The van der Waals surface area contributed by atoms with Gasteiger partial charge in [-0.25, -0.2) is 4.98 Å². The van der Waals surface area contributed by atoms with E-state index in [0.29, 0.717) is 18.5 Å². The number of carbonyl (C=O) groups is 2. The van der Waals surface area contributed by atoms with Crippen LogP contribution in [0.5, 0.6) is 0 Å². The molecular weight excluding hydrogens is 264 g/mol. The molecule has 5 nitrogen and oxygen atoms in total. The molecular formula is C13H12N2O3S. The Hall–Kier alpha value is -1.82. The van der Waals surface area contributed by atoms with Crippen LogP contribution in [0, 0.1) is 0 Å². The minimum Gasteiger partial charge on any atom is -0.443 e. The van der Waals surface area contributed by atoms with Crippen molar-refractivity contribution in [1.29, 1.82) is 0 Å². The lowest BCUT2D eigenvalue weighted by atomic mass is 10.2. The van der Waals surface area contributed by atoms with Gasteiger partial charge in [0.2, 0.25) is 5.91 Å². The number of hydrogen-bond acceptors (Lipinski definition) is 5. The number of anilines is 1. The van der Waals surface area contributed by atoms with Crippen LogP contribution in [0.15, 0.2) is 29.0 Å². The van der Waals surface area contributed by atoms with E-state index in [1.807, 2.05) is 12.1 Å². The molecule has 1 aliphatic rings. The molecule has 1 amide bonds. The van der Waals surface area contributed by atoms with Crippen LogP contribution < -0.4 is 4.90 Å². The Morgan fingerprint density at radius 2 is 2.37 bits per heavy atom. The van der Waals surface area contributed by atoms with E-state index in [4.69, 9.17) is 4.42 Å². The van der Waals surface area contributed by atoms with Crippen LogP contribution in [-0.2, 0) is 9.59 Å². The Labute approximate surface area is 114 Å². The van der Waals surface area contributed by atoms with Crippen molar-refractivity contribution in [3.05, 3.63) is 24.6 Å². The Balaban J connectivity index is 1.85. The predicted octanol–water partition coefficient (Wildman–Crippen LogP) is 2.21. The molecule has 2 aromatic rings. The Kier molecular flexibility index (Phi) is 3.02. The molecule has 0 spiro atoms. The number of hydrogen-bond donors (Lipinski definition) is 0. The van der Waals surface area contributed by atoms with E-state index in [1.54, 1.807) is 11.0 Å². The van der Waals surface area contributed by atoms with Gasteiger partial charge in [0.25, 0.3) is 0 Å². The van der Waals surface area contributed by atoms with Crippen LogP contribution >= 0.6 is 11.8 Å². The van der Waals surface area contributed by atoms with Gasteiger partial charge in [0.1, 0.15) is 5.52 Å². The maximum atomic E-state index is 12.0. The van der Waals surface area contributed by atoms with E-state index in [0.717, 1.165) is 11.2 Å². The van der Waals surface area contributed by atoms with Crippen LogP contribution in [0.2, 0.25) is 0 Å². The van der Waals surface area contributed by atoms with E-state index < -0.39 is 0 Å². The smallest absolute Gasteiger partial charge is 0.228 e. The van der Waals surface area contributed by atoms with Gasteiger partial charge in [0, 0.05) is 36.9 Å². The number of nitrogens with zero attached hydrogens (tertiary/aromatic N) is 2. The molecule has 6 heteroatoms. The number of fused-ring (bicyclic) bond motifs is 1. The van der Waals surface area contributed by atoms with Gasteiger partial charge in [0.05, 0.1) is 0 Å². The third-order valence-electron chi connectivity index (χ3n) is 3.05. The first-order chi connectivity index (χ1) is 9.13. The van der Waals surface area contributed by atoms with Crippen LogP contribution in [0.3, 0.4) is 0 Å². The van der Waals surface area contributed by atoms with Gasteiger partial charge in [-0.1, -0.05) is 11.8 Å². The summed E-state index contributed by atoms with van der Waals surface area (Å²) in [6, 6.07) is 5.48. The van der Waals surface area contributed by atoms with E-state index in [2.05, 4.69) is 4.98 Å². The molecule has 0 radical (unpaired) electrons. The monoisotopic (exact) mass is 276 g/mol. The molecule has 1 unspecified atom stereocenters. The molecule has 1 aromatic carbocycles. The van der Waals surface area contributed by atoms with Crippen LogP contribution in [0.1, 0.15) is 13.3 Å². The number of thioether (sulfide) groups is 1. The van der Waals surface area contributed by atoms with Gasteiger partial charge >= 0.3 is 0 Å². The second-order valence-corrected chi connectivity index (χ2v) is 5.92. The van der Waals surface area contributed by atoms with Crippen molar-refractivity contribution in [3.8, 4) is 0 Å². The van der Waals surface area contributed by atoms with Crippen molar-refractivity contribution in [2.75, 3.05) is 11.4 Å². The molecule has 1 fully saturated rings. The normalized spacial score (nSPS) is 19.3. The van der Waals surface area contributed by atoms with E-state index in [-0.39, 0.29) is 16.3 Å². The van der Waals surface area contributed by atoms with E-state index >= 15 is 0 Å². The standard InChI is InChI=1S/C13H12N2O3S/c1-8(16)19-10-5-13(17)15(6-10)9-2-3-11-12(4-9)18-7-14-11/h2-4,7,10H,5-6H2,1H3. The Morgan fingerprint density at radius 1 is 1.53 bits per heavy atom. The first kappa shape index (κ1) is 12.2. The number of aromatic nitrogens is 1. The third kappa shape index (κ3) is 2.35. The lowest BCUT2D eigenvalue weighted by Gasteiger charge is -2.16. The predicted molar refractivity (Wildman–Crippen MR) is 73.0 cm³/mol. The van der Waals surface area contributed by atoms with Crippen molar-refractivity contribution in [2.24, 2.45) is 0 Å². The molecule has 2 heterocycles. The van der Waals surface area contributed by atoms with E-state index in [9.17, 15) is 9.59 Å². The zero-order valence-corrected chi connectivity index (χ0v) is 11.1. The molecule has 1 atom stereocenters. The fraction of sp³-hybridized carbons (Fsp3) is 0.308. The number of carbonyl (C=O) groups excluding carboxylic acids is 2. The number of amides is 1. The quantitative estimate of drug-likeness (QED) is 0.841. The summed E-state index contributed by atoms with van der Waals surface area (Å²) in [6.07, 6.45) is 1.79. The third-order valence-corrected chi connectivity index (χ3v) is 4.03. The highest BCUT2D eigenvalue weighted by molar-refractivity contribution is 8.14. The summed E-state index contributed by atoms with van der Waals surface area (Å²) in [4.78, 5) is 28.8. The molecule has 98 valence electrons. The molecule has 3 rings (SSSR count). The van der Waals surface area contributed by atoms with Gasteiger partial charge in [0.15, 0.2) is 17.1 Å². The van der Waals surface area contributed by atoms with Crippen molar-refractivity contribution in [1.82, 2.24) is 4.98 Å². The second-order valence-electron chi connectivity index (χ2n) is 4.44. The highest BCUT2D eigenvalue weighted by Crippen LogP contribution is 2.30. The fourth-order valence-electron chi connectivity index (χ4n) is 2.25.